The minimum atomic E-state index is -0.246. The van der Waals surface area contributed by atoms with Gasteiger partial charge in [-0.2, -0.15) is 5.26 Å². The molecule has 0 unspecified atom stereocenters. The summed E-state index contributed by atoms with van der Waals surface area (Å²) in [5.74, 6) is -0.215. The number of nitrogens with one attached hydrogen (secondary N) is 2. The SMILES string of the molecule is CC1(C)Cc2c(sc(NC(=O)c3ccccc3Br)c2C#N)C(C)(C)N1. The second-order valence-corrected chi connectivity index (χ2v) is 9.35. The van der Waals surface area contributed by atoms with Crippen LogP contribution in [0.5, 0.6) is 0 Å². The topological polar surface area (TPSA) is 64.9 Å². The molecular weight excluding hydrogens is 398 g/mol. The fraction of sp³-hybridized carbons (Fsp3) is 0.368. The molecule has 1 aliphatic heterocycles. The smallest absolute Gasteiger partial charge is 0.257 e. The number of rotatable bonds is 2. The quantitative estimate of drug-likeness (QED) is 0.737. The van der Waals surface area contributed by atoms with E-state index in [-0.39, 0.29) is 17.0 Å². The van der Waals surface area contributed by atoms with Crippen LogP contribution in [0.4, 0.5) is 5.00 Å². The molecule has 1 amide bonds. The Labute approximate surface area is 160 Å². The first-order chi connectivity index (χ1) is 11.6. The standard InChI is InChI=1S/C19H20BrN3OS/c1-18(2)9-12-13(10-21)17(25-15(12)19(3,4)23-18)22-16(24)11-7-5-6-8-14(11)20/h5-8,23H,9H2,1-4H3,(H,22,24). The van der Waals surface area contributed by atoms with Crippen LogP contribution in [0.2, 0.25) is 0 Å². The highest BCUT2D eigenvalue weighted by molar-refractivity contribution is 9.10. The molecule has 0 radical (unpaired) electrons. The molecule has 0 saturated heterocycles. The normalized spacial score (nSPS) is 17.4. The Balaban J connectivity index is 2.02. The maximum atomic E-state index is 12.6. The molecule has 4 nitrogen and oxygen atoms in total. The van der Waals surface area contributed by atoms with E-state index in [1.165, 1.54) is 11.3 Å². The molecule has 1 aromatic carbocycles. The maximum Gasteiger partial charge on any atom is 0.257 e. The molecular formula is C19H20BrN3OS. The molecule has 1 aromatic heterocycles. The number of halogens is 1. The Kier molecular flexibility index (Phi) is 4.52. The van der Waals surface area contributed by atoms with Gasteiger partial charge in [0.05, 0.1) is 11.1 Å². The van der Waals surface area contributed by atoms with Crippen LogP contribution in [0.25, 0.3) is 0 Å². The zero-order chi connectivity index (χ0) is 18.4. The van der Waals surface area contributed by atoms with Crippen molar-refractivity contribution in [3.63, 3.8) is 0 Å². The lowest BCUT2D eigenvalue weighted by Gasteiger charge is -2.42. The van der Waals surface area contributed by atoms with Crippen LogP contribution in [0, 0.1) is 11.3 Å². The van der Waals surface area contributed by atoms with Crippen LogP contribution in [0.15, 0.2) is 28.7 Å². The maximum absolute atomic E-state index is 12.6. The van der Waals surface area contributed by atoms with Gasteiger partial charge in [-0.15, -0.1) is 11.3 Å². The van der Waals surface area contributed by atoms with Crippen LogP contribution in [-0.4, -0.2) is 11.4 Å². The number of carbonyl (C=O) groups excluding carboxylic acids is 1. The van der Waals surface area contributed by atoms with Gasteiger partial charge < -0.3 is 10.6 Å². The lowest BCUT2D eigenvalue weighted by atomic mass is 9.81. The monoisotopic (exact) mass is 417 g/mol. The van der Waals surface area contributed by atoms with Crippen LogP contribution in [0.1, 0.15) is 54.1 Å². The molecule has 2 N–H and O–H groups in total. The van der Waals surface area contributed by atoms with Crippen molar-refractivity contribution in [1.82, 2.24) is 5.32 Å². The van der Waals surface area contributed by atoms with Gasteiger partial charge in [0.25, 0.3) is 5.91 Å². The molecule has 0 saturated carbocycles. The van der Waals surface area contributed by atoms with Gasteiger partial charge >= 0.3 is 0 Å². The van der Waals surface area contributed by atoms with Gasteiger partial charge in [0, 0.05) is 20.4 Å². The van der Waals surface area contributed by atoms with E-state index >= 15 is 0 Å². The summed E-state index contributed by atoms with van der Waals surface area (Å²) < 4.78 is 0.732. The predicted molar refractivity (Wildman–Crippen MR) is 105 cm³/mol. The molecule has 2 heterocycles. The van der Waals surface area contributed by atoms with Crippen LogP contribution < -0.4 is 10.6 Å². The first kappa shape index (κ1) is 18.1. The summed E-state index contributed by atoms with van der Waals surface area (Å²) >= 11 is 4.89. The first-order valence-corrected chi connectivity index (χ1v) is 9.67. The van der Waals surface area contributed by atoms with E-state index in [4.69, 9.17) is 0 Å². The number of thiophene rings is 1. The highest BCUT2D eigenvalue weighted by Crippen LogP contribution is 2.44. The lowest BCUT2D eigenvalue weighted by molar-refractivity contribution is 0.102. The molecule has 0 spiro atoms. The third kappa shape index (κ3) is 3.37. The molecule has 6 heteroatoms. The van der Waals surface area contributed by atoms with Crippen molar-refractivity contribution in [3.8, 4) is 6.07 Å². The average Bonchev–Trinajstić information content (AvgIpc) is 2.83. The summed E-state index contributed by atoms with van der Waals surface area (Å²) in [4.78, 5) is 13.8. The fourth-order valence-corrected chi connectivity index (χ4v) is 5.24. The number of benzene rings is 1. The summed E-state index contributed by atoms with van der Waals surface area (Å²) in [6.07, 6.45) is 0.760. The molecule has 2 aromatic rings. The summed E-state index contributed by atoms with van der Waals surface area (Å²) in [7, 11) is 0. The Bertz CT molecular complexity index is 893. The lowest BCUT2D eigenvalue weighted by Crippen LogP contribution is -2.54. The minimum Gasteiger partial charge on any atom is -0.312 e. The van der Waals surface area contributed by atoms with Gasteiger partial charge in [-0.25, -0.2) is 0 Å². The van der Waals surface area contributed by atoms with Gasteiger partial charge in [0.2, 0.25) is 0 Å². The molecule has 25 heavy (non-hydrogen) atoms. The van der Waals surface area contributed by atoms with E-state index < -0.39 is 0 Å². The van der Waals surface area contributed by atoms with Crippen molar-refractivity contribution < 1.29 is 4.79 Å². The van der Waals surface area contributed by atoms with Gasteiger partial charge in [0.15, 0.2) is 0 Å². The van der Waals surface area contributed by atoms with Gasteiger partial charge in [0.1, 0.15) is 11.1 Å². The Morgan fingerprint density at radius 2 is 2.00 bits per heavy atom. The molecule has 0 atom stereocenters. The summed E-state index contributed by atoms with van der Waals surface area (Å²) in [5.41, 5.74) is 1.83. The zero-order valence-electron chi connectivity index (χ0n) is 14.7. The van der Waals surface area contributed by atoms with E-state index in [2.05, 4.69) is 60.3 Å². The molecule has 0 bridgehead atoms. The Hall–Kier alpha value is -1.68. The van der Waals surface area contributed by atoms with Crippen LogP contribution in [-0.2, 0) is 12.0 Å². The Morgan fingerprint density at radius 3 is 2.64 bits per heavy atom. The van der Waals surface area contributed by atoms with Crippen LogP contribution >= 0.6 is 27.3 Å². The largest absolute Gasteiger partial charge is 0.312 e. The van der Waals surface area contributed by atoms with Crippen molar-refractivity contribution >= 4 is 38.2 Å². The number of nitrogens with zero attached hydrogens (tertiary/aromatic N) is 1. The Morgan fingerprint density at radius 1 is 1.32 bits per heavy atom. The van der Waals surface area contributed by atoms with E-state index in [0.29, 0.717) is 16.1 Å². The number of amides is 1. The van der Waals surface area contributed by atoms with Gasteiger partial charge in [-0.05, 0) is 67.7 Å². The number of nitriles is 1. The zero-order valence-corrected chi connectivity index (χ0v) is 17.1. The number of hydrogen-bond acceptors (Lipinski definition) is 4. The van der Waals surface area contributed by atoms with Crippen LogP contribution in [0.3, 0.4) is 0 Å². The summed E-state index contributed by atoms with van der Waals surface area (Å²) in [5, 5.41) is 16.9. The molecule has 130 valence electrons. The highest BCUT2D eigenvalue weighted by Gasteiger charge is 2.40. The fourth-order valence-electron chi connectivity index (χ4n) is 3.55. The van der Waals surface area contributed by atoms with Crippen molar-refractivity contribution in [3.05, 3.63) is 50.3 Å². The molecule has 1 aliphatic rings. The van der Waals surface area contributed by atoms with Gasteiger partial charge in [-0.1, -0.05) is 12.1 Å². The van der Waals surface area contributed by atoms with E-state index in [1.807, 2.05) is 18.2 Å². The number of fused-ring (bicyclic) bond motifs is 1. The van der Waals surface area contributed by atoms with E-state index in [1.54, 1.807) is 6.07 Å². The summed E-state index contributed by atoms with van der Waals surface area (Å²) in [6.45, 7) is 8.50. The number of hydrogen-bond donors (Lipinski definition) is 2. The second kappa shape index (κ2) is 6.24. The van der Waals surface area contributed by atoms with Crippen molar-refractivity contribution in [2.75, 3.05) is 5.32 Å². The van der Waals surface area contributed by atoms with Gasteiger partial charge in [-0.3, -0.25) is 4.79 Å². The third-order valence-electron chi connectivity index (χ3n) is 4.30. The van der Waals surface area contributed by atoms with Crippen molar-refractivity contribution in [1.29, 1.82) is 5.26 Å². The van der Waals surface area contributed by atoms with Crippen molar-refractivity contribution in [2.45, 2.75) is 45.2 Å². The third-order valence-corrected chi connectivity index (χ3v) is 6.46. The highest BCUT2D eigenvalue weighted by atomic mass is 79.9. The van der Waals surface area contributed by atoms with E-state index in [0.717, 1.165) is 21.3 Å². The number of carbonyl (C=O) groups is 1. The van der Waals surface area contributed by atoms with E-state index in [9.17, 15) is 10.1 Å². The summed E-state index contributed by atoms with van der Waals surface area (Å²) in [6, 6.07) is 9.58. The molecule has 0 aliphatic carbocycles. The van der Waals surface area contributed by atoms with Crippen molar-refractivity contribution in [2.24, 2.45) is 0 Å². The number of anilines is 1. The molecule has 0 fully saturated rings. The second-order valence-electron chi connectivity index (χ2n) is 7.47. The minimum absolute atomic E-state index is 0.104. The predicted octanol–water partition coefficient (Wildman–Crippen LogP) is 4.79. The first-order valence-electron chi connectivity index (χ1n) is 8.06. The average molecular weight is 418 g/mol. The molecule has 3 rings (SSSR count).